The minimum absolute atomic E-state index is 0.178. The van der Waals surface area contributed by atoms with Crippen LogP contribution < -0.4 is 4.74 Å². The smallest absolute Gasteiger partial charge is 0.172 e. The lowest BCUT2D eigenvalue weighted by Gasteiger charge is -2.08. The standard InChI is InChI=1S/C14H20O2S/c1-4-11(3)17-10-14(15)12-7-6-8-13(9-12)16-5-2/h6-9,11H,4-5,10H2,1-3H3. The molecule has 94 valence electrons. The Balaban J connectivity index is 2.59. The fourth-order valence-electron chi connectivity index (χ4n) is 1.35. The maximum Gasteiger partial charge on any atom is 0.172 e. The Labute approximate surface area is 108 Å². The summed E-state index contributed by atoms with van der Waals surface area (Å²) in [5.74, 6) is 1.49. The molecule has 0 amide bonds. The molecule has 0 heterocycles. The summed E-state index contributed by atoms with van der Waals surface area (Å²) in [5, 5.41) is 0.536. The Hall–Kier alpha value is -0.960. The molecular formula is C14H20O2S. The lowest BCUT2D eigenvalue weighted by molar-refractivity contribution is 0.102. The van der Waals surface area contributed by atoms with Gasteiger partial charge in [0.05, 0.1) is 12.4 Å². The summed E-state index contributed by atoms with van der Waals surface area (Å²) in [5.41, 5.74) is 0.742. The molecule has 0 aliphatic carbocycles. The van der Waals surface area contributed by atoms with Gasteiger partial charge in [-0.2, -0.15) is 11.8 Å². The van der Waals surface area contributed by atoms with E-state index in [-0.39, 0.29) is 5.78 Å². The number of hydrogen-bond acceptors (Lipinski definition) is 3. The van der Waals surface area contributed by atoms with E-state index in [1.807, 2.05) is 31.2 Å². The van der Waals surface area contributed by atoms with E-state index in [1.54, 1.807) is 11.8 Å². The second-order valence-corrected chi connectivity index (χ2v) is 5.34. The molecule has 1 aromatic rings. The van der Waals surface area contributed by atoms with Gasteiger partial charge < -0.3 is 4.74 Å². The van der Waals surface area contributed by atoms with Gasteiger partial charge >= 0.3 is 0 Å². The number of Topliss-reactive ketones (excluding diaryl/α,β-unsaturated/α-hetero) is 1. The molecule has 0 aromatic heterocycles. The fourth-order valence-corrected chi connectivity index (χ4v) is 2.18. The Morgan fingerprint density at radius 2 is 2.18 bits per heavy atom. The maximum absolute atomic E-state index is 11.9. The first-order valence-corrected chi connectivity index (χ1v) is 7.09. The van der Waals surface area contributed by atoms with E-state index in [0.29, 0.717) is 17.6 Å². The van der Waals surface area contributed by atoms with Crippen molar-refractivity contribution in [2.24, 2.45) is 0 Å². The zero-order valence-corrected chi connectivity index (χ0v) is 11.5. The van der Waals surface area contributed by atoms with E-state index in [9.17, 15) is 4.79 Å². The lowest BCUT2D eigenvalue weighted by atomic mass is 10.1. The highest BCUT2D eigenvalue weighted by Gasteiger charge is 2.09. The van der Waals surface area contributed by atoms with Gasteiger partial charge in [-0.3, -0.25) is 4.79 Å². The Kier molecular flexibility index (Phi) is 6.12. The molecule has 0 N–H and O–H groups in total. The molecule has 0 saturated carbocycles. The third-order valence-corrected chi connectivity index (χ3v) is 3.87. The summed E-state index contributed by atoms with van der Waals surface area (Å²) < 4.78 is 5.38. The van der Waals surface area contributed by atoms with E-state index < -0.39 is 0 Å². The van der Waals surface area contributed by atoms with Gasteiger partial charge in [0.1, 0.15) is 5.75 Å². The normalized spacial score (nSPS) is 12.2. The summed E-state index contributed by atoms with van der Waals surface area (Å²) in [7, 11) is 0. The first kappa shape index (κ1) is 14.1. The van der Waals surface area contributed by atoms with Gasteiger partial charge in [-0.15, -0.1) is 0 Å². The second-order valence-electron chi connectivity index (χ2n) is 3.91. The van der Waals surface area contributed by atoms with Crippen LogP contribution in [-0.2, 0) is 0 Å². The van der Waals surface area contributed by atoms with Crippen molar-refractivity contribution in [2.45, 2.75) is 32.4 Å². The van der Waals surface area contributed by atoms with Crippen molar-refractivity contribution in [3.63, 3.8) is 0 Å². The number of thioether (sulfide) groups is 1. The number of hydrogen-bond donors (Lipinski definition) is 0. The zero-order chi connectivity index (χ0) is 12.7. The van der Waals surface area contributed by atoms with Crippen molar-refractivity contribution in [2.75, 3.05) is 12.4 Å². The van der Waals surface area contributed by atoms with Crippen molar-refractivity contribution >= 4 is 17.5 Å². The molecule has 1 aromatic carbocycles. The average molecular weight is 252 g/mol. The van der Waals surface area contributed by atoms with Crippen LogP contribution in [0.3, 0.4) is 0 Å². The number of carbonyl (C=O) groups is 1. The predicted molar refractivity (Wildman–Crippen MR) is 74.2 cm³/mol. The Morgan fingerprint density at radius 1 is 1.41 bits per heavy atom. The van der Waals surface area contributed by atoms with E-state index in [1.165, 1.54) is 0 Å². The molecule has 1 rings (SSSR count). The van der Waals surface area contributed by atoms with E-state index in [0.717, 1.165) is 17.7 Å². The molecule has 0 radical (unpaired) electrons. The Morgan fingerprint density at radius 3 is 2.82 bits per heavy atom. The number of ketones is 1. The predicted octanol–water partition coefficient (Wildman–Crippen LogP) is 3.80. The van der Waals surface area contributed by atoms with Crippen LogP contribution in [0.5, 0.6) is 5.75 Å². The van der Waals surface area contributed by atoms with E-state index >= 15 is 0 Å². The number of benzene rings is 1. The highest BCUT2D eigenvalue weighted by molar-refractivity contribution is 8.00. The van der Waals surface area contributed by atoms with Crippen LogP contribution in [0.2, 0.25) is 0 Å². The zero-order valence-electron chi connectivity index (χ0n) is 10.7. The Bertz CT molecular complexity index is 363. The minimum atomic E-state index is 0.178. The molecule has 0 fully saturated rings. The second kappa shape index (κ2) is 7.38. The van der Waals surface area contributed by atoms with Crippen LogP contribution in [0.1, 0.15) is 37.6 Å². The molecule has 0 spiro atoms. The molecule has 2 nitrogen and oxygen atoms in total. The number of rotatable bonds is 7. The molecule has 0 saturated heterocycles. The van der Waals surface area contributed by atoms with Crippen molar-refractivity contribution < 1.29 is 9.53 Å². The monoisotopic (exact) mass is 252 g/mol. The van der Waals surface area contributed by atoms with Gasteiger partial charge in [0.15, 0.2) is 5.78 Å². The van der Waals surface area contributed by atoms with Gasteiger partial charge in [-0.25, -0.2) is 0 Å². The van der Waals surface area contributed by atoms with Gasteiger partial charge in [-0.1, -0.05) is 26.0 Å². The molecule has 17 heavy (non-hydrogen) atoms. The van der Waals surface area contributed by atoms with E-state index in [4.69, 9.17) is 4.74 Å². The first-order valence-electron chi connectivity index (χ1n) is 6.05. The quantitative estimate of drug-likeness (QED) is 0.690. The molecule has 3 heteroatoms. The minimum Gasteiger partial charge on any atom is -0.494 e. The lowest BCUT2D eigenvalue weighted by Crippen LogP contribution is -2.06. The molecular weight excluding hydrogens is 232 g/mol. The third-order valence-electron chi connectivity index (χ3n) is 2.54. The van der Waals surface area contributed by atoms with Gasteiger partial charge in [0, 0.05) is 10.8 Å². The summed E-state index contributed by atoms with van der Waals surface area (Å²) in [4.78, 5) is 11.9. The van der Waals surface area contributed by atoms with Crippen molar-refractivity contribution in [3.8, 4) is 5.75 Å². The largest absolute Gasteiger partial charge is 0.494 e. The first-order chi connectivity index (χ1) is 8.17. The van der Waals surface area contributed by atoms with Crippen LogP contribution in [0.15, 0.2) is 24.3 Å². The molecule has 0 aliphatic heterocycles. The van der Waals surface area contributed by atoms with Gasteiger partial charge in [0.2, 0.25) is 0 Å². The summed E-state index contributed by atoms with van der Waals surface area (Å²) in [6.45, 7) is 6.85. The van der Waals surface area contributed by atoms with E-state index in [2.05, 4.69) is 13.8 Å². The van der Waals surface area contributed by atoms with Gasteiger partial charge in [0.25, 0.3) is 0 Å². The summed E-state index contributed by atoms with van der Waals surface area (Å²) in [6.07, 6.45) is 1.09. The van der Waals surface area contributed by atoms with Crippen LogP contribution in [0.4, 0.5) is 0 Å². The van der Waals surface area contributed by atoms with Crippen molar-refractivity contribution in [3.05, 3.63) is 29.8 Å². The topological polar surface area (TPSA) is 26.3 Å². The third kappa shape index (κ3) is 4.82. The van der Waals surface area contributed by atoms with Crippen LogP contribution in [0, 0.1) is 0 Å². The highest BCUT2D eigenvalue weighted by atomic mass is 32.2. The average Bonchev–Trinajstić information content (AvgIpc) is 2.36. The summed E-state index contributed by atoms with van der Waals surface area (Å²) >= 11 is 1.71. The molecule has 0 bridgehead atoms. The van der Waals surface area contributed by atoms with Gasteiger partial charge in [-0.05, 0) is 25.5 Å². The van der Waals surface area contributed by atoms with Crippen molar-refractivity contribution in [1.29, 1.82) is 0 Å². The molecule has 0 aliphatic rings. The highest BCUT2D eigenvalue weighted by Crippen LogP contribution is 2.18. The van der Waals surface area contributed by atoms with Crippen LogP contribution in [-0.4, -0.2) is 23.4 Å². The summed E-state index contributed by atoms with van der Waals surface area (Å²) in [6, 6.07) is 7.42. The molecule has 1 atom stereocenters. The fraction of sp³-hybridized carbons (Fsp3) is 0.500. The SMILES string of the molecule is CCOc1cccc(C(=O)CSC(C)CC)c1. The van der Waals surface area contributed by atoms with Crippen LogP contribution in [0.25, 0.3) is 0 Å². The number of ether oxygens (including phenoxy) is 1. The molecule has 1 unspecified atom stereocenters. The maximum atomic E-state index is 11.9. The van der Waals surface area contributed by atoms with Crippen LogP contribution >= 0.6 is 11.8 Å². The number of carbonyl (C=O) groups excluding carboxylic acids is 1. The van der Waals surface area contributed by atoms with Crippen molar-refractivity contribution in [1.82, 2.24) is 0 Å².